The molecular formula is C36H35F3N2O6. The van der Waals surface area contributed by atoms with E-state index in [4.69, 9.17) is 14.2 Å². The normalized spacial score (nSPS) is 14.1. The number of rotatable bonds is 10. The zero-order valence-electron chi connectivity index (χ0n) is 26.3. The van der Waals surface area contributed by atoms with Crippen LogP contribution in [-0.2, 0) is 25.2 Å². The van der Waals surface area contributed by atoms with Gasteiger partial charge in [-0.25, -0.2) is 9.59 Å². The van der Waals surface area contributed by atoms with Crippen LogP contribution in [0.1, 0.15) is 73.6 Å². The van der Waals surface area contributed by atoms with Gasteiger partial charge in [0, 0.05) is 29.0 Å². The standard InChI is InChI=1S/C36H35F3N2O6/c1-4-45-34(43)32(40-21(3)42)30(23-12-17-27(18-13-23)47-26-8-6-7-9-26)31-28-20-24(22-10-15-25(16-11-22)36(37,38)39)14-19-29(28)41-33(31)35(44)46-5-2/h10-20,26,41H,4-9H2,1-3H3,(H,40,42)/b32-30+. The number of carbonyl (C=O) groups excluding carboxylic acids is 3. The van der Waals surface area contributed by atoms with Gasteiger partial charge in [-0.15, -0.1) is 0 Å². The number of hydrogen-bond donors (Lipinski definition) is 2. The van der Waals surface area contributed by atoms with E-state index in [1.807, 2.05) is 0 Å². The lowest BCUT2D eigenvalue weighted by molar-refractivity contribution is -0.140. The zero-order valence-corrected chi connectivity index (χ0v) is 26.3. The molecule has 1 amide bonds. The number of aromatic nitrogens is 1. The first-order chi connectivity index (χ1) is 22.5. The molecular weight excluding hydrogens is 613 g/mol. The number of ether oxygens (including phenoxy) is 3. The summed E-state index contributed by atoms with van der Waals surface area (Å²) in [6, 6.07) is 16.8. The number of benzene rings is 3. The van der Waals surface area contributed by atoms with Gasteiger partial charge in [-0.05, 0) is 92.6 Å². The van der Waals surface area contributed by atoms with Crippen molar-refractivity contribution in [2.24, 2.45) is 0 Å². The predicted octanol–water partition coefficient (Wildman–Crippen LogP) is 7.81. The molecule has 0 aliphatic heterocycles. The van der Waals surface area contributed by atoms with Gasteiger partial charge in [-0.3, -0.25) is 4.79 Å². The van der Waals surface area contributed by atoms with Crippen molar-refractivity contribution >= 4 is 34.3 Å². The van der Waals surface area contributed by atoms with Crippen LogP contribution in [0.4, 0.5) is 13.2 Å². The van der Waals surface area contributed by atoms with Crippen LogP contribution >= 0.6 is 0 Å². The lowest BCUT2D eigenvalue weighted by atomic mass is 9.91. The predicted molar refractivity (Wildman–Crippen MR) is 170 cm³/mol. The Labute approximate surface area is 269 Å². The number of hydrogen-bond acceptors (Lipinski definition) is 6. The Kier molecular flexibility index (Phi) is 10.0. The second-order valence-electron chi connectivity index (χ2n) is 11.1. The first kappa shape index (κ1) is 33.3. The molecule has 1 heterocycles. The molecule has 0 spiro atoms. The third-order valence-corrected chi connectivity index (χ3v) is 7.85. The van der Waals surface area contributed by atoms with Crippen LogP contribution in [-0.4, -0.2) is 42.1 Å². The second kappa shape index (κ2) is 14.1. The molecule has 0 unspecified atom stereocenters. The molecule has 1 aliphatic rings. The smallest absolute Gasteiger partial charge is 0.416 e. The minimum atomic E-state index is -4.49. The van der Waals surface area contributed by atoms with E-state index in [1.54, 1.807) is 56.3 Å². The van der Waals surface area contributed by atoms with Crippen molar-refractivity contribution in [2.45, 2.75) is 58.7 Å². The van der Waals surface area contributed by atoms with E-state index in [0.717, 1.165) is 37.8 Å². The fraction of sp³-hybridized carbons (Fsp3) is 0.306. The summed E-state index contributed by atoms with van der Waals surface area (Å²) in [5.74, 6) is -1.45. The molecule has 11 heteroatoms. The number of esters is 2. The Morgan fingerprint density at radius 2 is 1.51 bits per heavy atom. The quantitative estimate of drug-likeness (QED) is 0.134. The third kappa shape index (κ3) is 7.51. The molecule has 1 fully saturated rings. The number of fused-ring (bicyclic) bond motifs is 1. The van der Waals surface area contributed by atoms with Gasteiger partial charge in [-0.1, -0.05) is 30.3 Å². The van der Waals surface area contributed by atoms with Gasteiger partial charge < -0.3 is 24.5 Å². The van der Waals surface area contributed by atoms with E-state index in [0.29, 0.717) is 33.3 Å². The van der Waals surface area contributed by atoms with E-state index in [1.165, 1.54) is 19.1 Å². The number of nitrogens with one attached hydrogen (secondary N) is 2. The molecule has 47 heavy (non-hydrogen) atoms. The van der Waals surface area contributed by atoms with Crippen LogP contribution in [0.25, 0.3) is 27.6 Å². The van der Waals surface area contributed by atoms with Gasteiger partial charge in [0.05, 0.1) is 24.9 Å². The number of H-pyrrole nitrogens is 1. The highest BCUT2D eigenvalue weighted by atomic mass is 19.4. The maximum Gasteiger partial charge on any atom is 0.416 e. The fourth-order valence-electron chi connectivity index (χ4n) is 5.75. The molecule has 3 aromatic carbocycles. The van der Waals surface area contributed by atoms with Crippen LogP contribution < -0.4 is 10.1 Å². The summed E-state index contributed by atoms with van der Waals surface area (Å²) >= 11 is 0. The van der Waals surface area contributed by atoms with E-state index < -0.39 is 29.6 Å². The highest BCUT2D eigenvalue weighted by Crippen LogP contribution is 2.39. The molecule has 5 rings (SSSR count). The number of halogens is 3. The number of aromatic amines is 1. The van der Waals surface area contributed by atoms with Crippen molar-refractivity contribution in [3.63, 3.8) is 0 Å². The lowest BCUT2D eigenvalue weighted by Gasteiger charge is -2.18. The van der Waals surface area contributed by atoms with Crippen LogP contribution in [0, 0.1) is 0 Å². The van der Waals surface area contributed by atoms with E-state index in [2.05, 4.69) is 10.3 Å². The largest absolute Gasteiger partial charge is 0.490 e. The highest BCUT2D eigenvalue weighted by molar-refractivity contribution is 6.13. The molecule has 1 aromatic heterocycles. The van der Waals surface area contributed by atoms with Gasteiger partial charge in [-0.2, -0.15) is 13.2 Å². The lowest BCUT2D eigenvalue weighted by Crippen LogP contribution is -2.28. The van der Waals surface area contributed by atoms with Gasteiger partial charge in [0.25, 0.3) is 0 Å². The second-order valence-corrected chi connectivity index (χ2v) is 11.1. The molecule has 1 aliphatic carbocycles. The van der Waals surface area contributed by atoms with Crippen molar-refractivity contribution in [1.29, 1.82) is 0 Å². The average Bonchev–Trinajstić information content (AvgIpc) is 3.69. The summed E-state index contributed by atoms with van der Waals surface area (Å²) in [7, 11) is 0. The van der Waals surface area contributed by atoms with Gasteiger partial charge in [0.1, 0.15) is 17.1 Å². The maximum atomic E-state index is 13.5. The van der Waals surface area contributed by atoms with E-state index in [-0.39, 0.29) is 41.8 Å². The Balaban J connectivity index is 1.76. The highest BCUT2D eigenvalue weighted by Gasteiger charge is 2.31. The molecule has 0 atom stereocenters. The van der Waals surface area contributed by atoms with Crippen LogP contribution in [0.5, 0.6) is 5.75 Å². The summed E-state index contributed by atoms with van der Waals surface area (Å²) in [5.41, 5.74) is 1.47. The summed E-state index contributed by atoms with van der Waals surface area (Å²) in [4.78, 5) is 42.5. The summed E-state index contributed by atoms with van der Waals surface area (Å²) < 4.78 is 56.7. The molecule has 1 saturated carbocycles. The summed E-state index contributed by atoms with van der Waals surface area (Å²) in [6.07, 6.45) is -0.265. The number of alkyl halides is 3. The Hall–Kier alpha value is -5.06. The molecule has 0 radical (unpaired) electrons. The van der Waals surface area contributed by atoms with Crippen molar-refractivity contribution in [2.75, 3.05) is 13.2 Å². The number of carbonyl (C=O) groups is 3. The molecule has 2 N–H and O–H groups in total. The molecule has 8 nitrogen and oxygen atoms in total. The minimum absolute atomic E-state index is 0.0138. The zero-order chi connectivity index (χ0) is 33.7. The molecule has 0 bridgehead atoms. The Morgan fingerprint density at radius 1 is 0.872 bits per heavy atom. The van der Waals surface area contributed by atoms with E-state index >= 15 is 0 Å². The fourth-order valence-corrected chi connectivity index (χ4v) is 5.75. The van der Waals surface area contributed by atoms with Gasteiger partial charge >= 0.3 is 18.1 Å². The molecule has 4 aromatic rings. The summed E-state index contributed by atoms with van der Waals surface area (Å²) in [6.45, 7) is 4.61. The van der Waals surface area contributed by atoms with Crippen molar-refractivity contribution in [3.05, 3.63) is 94.8 Å². The first-order valence-corrected chi connectivity index (χ1v) is 15.5. The van der Waals surface area contributed by atoms with Gasteiger partial charge in [0.15, 0.2) is 0 Å². The third-order valence-electron chi connectivity index (χ3n) is 7.85. The Bertz CT molecular complexity index is 1800. The van der Waals surface area contributed by atoms with Crippen molar-refractivity contribution in [3.8, 4) is 16.9 Å². The molecule has 0 saturated heterocycles. The molecule has 246 valence electrons. The topological polar surface area (TPSA) is 107 Å². The van der Waals surface area contributed by atoms with Crippen molar-refractivity contribution < 1.29 is 41.8 Å². The van der Waals surface area contributed by atoms with E-state index in [9.17, 15) is 27.6 Å². The first-order valence-electron chi connectivity index (χ1n) is 15.5. The minimum Gasteiger partial charge on any atom is -0.490 e. The van der Waals surface area contributed by atoms with Crippen LogP contribution in [0.15, 0.2) is 72.4 Å². The SMILES string of the molecule is CCOC(=O)/C(NC(C)=O)=C(/c1ccc(OC2CCCC2)cc1)c1c(C(=O)OCC)[nH]c2ccc(-c3ccc(C(F)(F)F)cc3)cc12. The average molecular weight is 649 g/mol. The van der Waals surface area contributed by atoms with Crippen LogP contribution in [0.3, 0.4) is 0 Å². The van der Waals surface area contributed by atoms with Crippen LogP contribution in [0.2, 0.25) is 0 Å². The van der Waals surface area contributed by atoms with Crippen molar-refractivity contribution in [1.82, 2.24) is 10.3 Å². The van der Waals surface area contributed by atoms with Gasteiger partial charge in [0.2, 0.25) is 5.91 Å². The number of amides is 1. The maximum absolute atomic E-state index is 13.5. The Morgan fingerprint density at radius 3 is 2.11 bits per heavy atom. The monoisotopic (exact) mass is 648 g/mol. The summed E-state index contributed by atoms with van der Waals surface area (Å²) in [5, 5.41) is 3.07.